The van der Waals surface area contributed by atoms with Gasteiger partial charge in [0, 0.05) is 45.7 Å². The lowest BCUT2D eigenvalue weighted by atomic mass is 9.85. The Kier molecular flexibility index (Phi) is 6.48. The Morgan fingerprint density at radius 1 is 0.278 bits per heavy atom. The fourth-order valence-corrected chi connectivity index (χ4v) is 11.6. The largest absolute Gasteiger partial charge is 0.134 e. The van der Waals surface area contributed by atoms with E-state index in [-0.39, 0.29) is 0 Å². The van der Waals surface area contributed by atoms with Crippen molar-refractivity contribution in [3.8, 4) is 33.4 Å². The van der Waals surface area contributed by atoms with Gasteiger partial charge in [0.2, 0.25) is 0 Å². The summed E-state index contributed by atoms with van der Waals surface area (Å²) >= 11 is 3.86. The SMILES string of the molecule is c1cc(-c2c3ccccc3c(-c3ccc4ccccc4c3)c3ccccc23)cc(-c2cc3c(sc4ccc5c6ccccc6sc5c43)c3ccccc23)c1. The predicted octanol–water partition coefficient (Wildman–Crippen LogP) is 16.0. The van der Waals surface area contributed by atoms with Crippen LogP contribution >= 0.6 is 22.7 Å². The first-order valence-corrected chi connectivity index (χ1v) is 20.1. The van der Waals surface area contributed by atoms with E-state index in [2.05, 4.69) is 182 Å². The van der Waals surface area contributed by atoms with E-state index in [9.17, 15) is 0 Å². The molecule has 54 heavy (non-hydrogen) atoms. The molecule has 0 aliphatic heterocycles. The molecule has 250 valence electrons. The molecule has 0 N–H and O–H groups in total. The fraction of sp³-hybridized carbons (Fsp3) is 0. The van der Waals surface area contributed by atoms with Crippen LogP contribution < -0.4 is 0 Å². The maximum absolute atomic E-state index is 2.48. The van der Waals surface area contributed by atoms with Gasteiger partial charge in [-0.25, -0.2) is 0 Å². The molecular formula is C52H30S2. The van der Waals surface area contributed by atoms with E-state index in [1.54, 1.807) is 0 Å². The third-order valence-electron chi connectivity index (χ3n) is 11.4. The fourth-order valence-electron chi connectivity index (χ4n) is 9.04. The summed E-state index contributed by atoms with van der Waals surface area (Å²) < 4.78 is 5.45. The Morgan fingerprint density at radius 3 is 1.57 bits per heavy atom. The number of benzene rings is 10. The lowest BCUT2D eigenvalue weighted by Gasteiger charge is -2.18. The van der Waals surface area contributed by atoms with Gasteiger partial charge < -0.3 is 0 Å². The average molecular weight is 719 g/mol. The third kappa shape index (κ3) is 4.36. The molecule has 0 fully saturated rings. The molecule has 10 aromatic carbocycles. The van der Waals surface area contributed by atoms with E-state index in [0.29, 0.717) is 0 Å². The molecule has 2 heteroatoms. The van der Waals surface area contributed by atoms with E-state index >= 15 is 0 Å². The number of thiophene rings is 2. The topological polar surface area (TPSA) is 0 Å². The monoisotopic (exact) mass is 718 g/mol. The van der Waals surface area contributed by atoms with Crippen LogP contribution in [0.1, 0.15) is 0 Å². The molecule has 2 heterocycles. The van der Waals surface area contributed by atoms with Gasteiger partial charge in [0.05, 0.1) is 0 Å². The van der Waals surface area contributed by atoms with Crippen molar-refractivity contribution in [2.24, 2.45) is 0 Å². The van der Waals surface area contributed by atoms with Crippen molar-refractivity contribution in [2.45, 2.75) is 0 Å². The van der Waals surface area contributed by atoms with Crippen LogP contribution in [0, 0.1) is 0 Å². The van der Waals surface area contributed by atoms with E-state index < -0.39 is 0 Å². The summed E-state index contributed by atoms with van der Waals surface area (Å²) in [6.07, 6.45) is 0. The number of hydrogen-bond acceptors (Lipinski definition) is 2. The van der Waals surface area contributed by atoms with Gasteiger partial charge in [-0.2, -0.15) is 0 Å². The Hall–Kier alpha value is -6.32. The first-order chi connectivity index (χ1) is 26.8. The zero-order valence-electron chi connectivity index (χ0n) is 29.1. The lowest BCUT2D eigenvalue weighted by molar-refractivity contribution is 1.64. The van der Waals surface area contributed by atoms with E-state index in [4.69, 9.17) is 0 Å². The Bertz CT molecular complexity index is 3450. The molecule has 0 saturated carbocycles. The van der Waals surface area contributed by atoms with Crippen molar-refractivity contribution in [1.82, 2.24) is 0 Å². The Labute approximate surface area is 319 Å². The molecule has 12 aromatic rings. The van der Waals surface area contributed by atoms with Crippen LogP contribution in [0.2, 0.25) is 0 Å². The molecule has 0 nitrogen and oxygen atoms in total. The number of hydrogen-bond donors (Lipinski definition) is 0. The summed E-state index contributed by atoms with van der Waals surface area (Å²) in [4.78, 5) is 0. The standard InChI is InChI=1S/C52H30S2/c1-2-13-32-28-35(25-24-31(32)12-1)49-40-20-6-4-18-38(40)48(39-19-5-7-21-41(39)49)34-15-11-14-33(29-34)44-30-45-50-47(54-51(45)42-22-8-3-16-36(42)44)27-26-43-37-17-9-10-23-46(37)53-52(43)50/h1-30H. The highest BCUT2D eigenvalue weighted by atomic mass is 32.1. The molecule has 0 atom stereocenters. The summed E-state index contributed by atoms with van der Waals surface area (Å²) in [7, 11) is 0. The number of fused-ring (bicyclic) bond motifs is 12. The second-order valence-electron chi connectivity index (χ2n) is 14.3. The molecule has 0 saturated heterocycles. The van der Waals surface area contributed by atoms with E-state index in [1.807, 2.05) is 22.7 Å². The Morgan fingerprint density at radius 2 is 0.833 bits per heavy atom. The average Bonchev–Trinajstić information content (AvgIpc) is 3.81. The minimum absolute atomic E-state index is 1.23. The summed E-state index contributed by atoms with van der Waals surface area (Å²) in [6.45, 7) is 0. The van der Waals surface area contributed by atoms with Gasteiger partial charge in [-0.1, -0.05) is 152 Å². The van der Waals surface area contributed by atoms with Crippen LogP contribution in [-0.2, 0) is 0 Å². The predicted molar refractivity (Wildman–Crippen MR) is 239 cm³/mol. The summed E-state index contributed by atoms with van der Waals surface area (Å²) in [5.41, 5.74) is 7.57. The summed E-state index contributed by atoms with van der Waals surface area (Å²) in [5.74, 6) is 0. The molecule has 0 amide bonds. The van der Waals surface area contributed by atoms with Crippen molar-refractivity contribution in [3.05, 3.63) is 182 Å². The normalized spacial score (nSPS) is 12.1. The van der Waals surface area contributed by atoms with Gasteiger partial charge in [0.1, 0.15) is 0 Å². The molecular weight excluding hydrogens is 689 g/mol. The maximum atomic E-state index is 2.48. The molecule has 0 unspecified atom stereocenters. The van der Waals surface area contributed by atoms with Crippen molar-refractivity contribution < 1.29 is 0 Å². The molecule has 0 radical (unpaired) electrons. The first-order valence-electron chi connectivity index (χ1n) is 18.5. The third-order valence-corrected chi connectivity index (χ3v) is 13.8. The highest BCUT2D eigenvalue weighted by molar-refractivity contribution is 7.30. The second-order valence-corrected chi connectivity index (χ2v) is 16.5. The number of rotatable bonds is 3. The zero-order chi connectivity index (χ0) is 35.3. The van der Waals surface area contributed by atoms with Crippen LogP contribution in [0.4, 0.5) is 0 Å². The van der Waals surface area contributed by atoms with Crippen molar-refractivity contribution in [2.75, 3.05) is 0 Å². The lowest BCUT2D eigenvalue weighted by Crippen LogP contribution is -1.91. The van der Waals surface area contributed by atoms with Crippen LogP contribution in [0.3, 0.4) is 0 Å². The van der Waals surface area contributed by atoms with E-state index in [0.717, 1.165) is 0 Å². The molecule has 12 rings (SSSR count). The highest BCUT2D eigenvalue weighted by Gasteiger charge is 2.20. The summed E-state index contributed by atoms with van der Waals surface area (Å²) in [6, 6.07) is 67.8. The molecule has 0 spiro atoms. The van der Waals surface area contributed by atoms with Gasteiger partial charge in [-0.3, -0.25) is 0 Å². The van der Waals surface area contributed by atoms with Gasteiger partial charge in [-0.05, 0) is 101 Å². The first kappa shape index (κ1) is 30.2. The van der Waals surface area contributed by atoms with Gasteiger partial charge >= 0.3 is 0 Å². The Balaban J connectivity index is 1.12. The minimum atomic E-state index is 1.23. The maximum Gasteiger partial charge on any atom is 0.0448 e. The van der Waals surface area contributed by atoms with Crippen LogP contribution in [0.15, 0.2) is 182 Å². The molecule has 2 aromatic heterocycles. The smallest absolute Gasteiger partial charge is 0.0448 e. The second kappa shape index (κ2) is 11.6. The van der Waals surface area contributed by atoms with Gasteiger partial charge in [0.15, 0.2) is 0 Å². The van der Waals surface area contributed by atoms with Crippen LogP contribution in [-0.4, -0.2) is 0 Å². The highest BCUT2D eigenvalue weighted by Crippen LogP contribution is 2.49. The van der Waals surface area contributed by atoms with Crippen LogP contribution in [0.5, 0.6) is 0 Å². The zero-order valence-corrected chi connectivity index (χ0v) is 30.8. The molecule has 0 aliphatic carbocycles. The summed E-state index contributed by atoms with van der Waals surface area (Å²) in [5, 5.41) is 15.7. The van der Waals surface area contributed by atoms with Crippen LogP contribution in [0.25, 0.3) is 117 Å². The molecule has 0 bridgehead atoms. The van der Waals surface area contributed by atoms with Crippen molar-refractivity contribution in [3.63, 3.8) is 0 Å². The van der Waals surface area contributed by atoms with Crippen molar-refractivity contribution >= 4 is 106 Å². The quantitative estimate of drug-likeness (QED) is 0.160. The van der Waals surface area contributed by atoms with Crippen molar-refractivity contribution in [1.29, 1.82) is 0 Å². The molecule has 0 aliphatic rings. The van der Waals surface area contributed by atoms with Gasteiger partial charge in [-0.15, -0.1) is 22.7 Å². The van der Waals surface area contributed by atoms with E-state index in [1.165, 1.54) is 117 Å². The van der Waals surface area contributed by atoms with Gasteiger partial charge in [0.25, 0.3) is 0 Å². The minimum Gasteiger partial charge on any atom is -0.134 e.